The smallest absolute Gasteiger partial charge is 0.353 e. The number of pyridine rings is 1. The molecule has 0 amide bonds. The van der Waals surface area contributed by atoms with E-state index in [9.17, 15) is 23.3 Å². The Morgan fingerprint density at radius 1 is 0.969 bits per heavy atom. The third-order valence-corrected chi connectivity index (χ3v) is 4.99. The van der Waals surface area contributed by atoms with Crippen LogP contribution in [0.5, 0.6) is 0 Å². The molecule has 1 saturated heterocycles. The van der Waals surface area contributed by atoms with E-state index in [0.717, 1.165) is 24.3 Å². The van der Waals surface area contributed by atoms with Crippen molar-refractivity contribution in [2.24, 2.45) is 0 Å². The molecule has 2 aromatic heterocycles. The van der Waals surface area contributed by atoms with Crippen molar-refractivity contribution in [3.05, 3.63) is 70.7 Å². The Kier molecular flexibility index (Phi) is 5.75. The molecule has 0 atom stereocenters. The number of aromatic nitrogens is 3. The molecule has 166 valence electrons. The van der Waals surface area contributed by atoms with E-state index in [4.69, 9.17) is 0 Å². The molecule has 4 rings (SSSR count). The highest BCUT2D eigenvalue weighted by Gasteiger charge is 2.32. The summed E-state index contributed by atoms with van der Waals surface area (Å²) in [6.45, 7) is 2.07. The fourth-order valence-electron chi connectivity index (χ4n) is 3.46. The Morgan fingerprint density at radius 2 is 1.72 bits per heavy atom. The van der Waals surface area contributed by atoms with Crippen molar-refractivity contribution in [3.63, 3.8) is 0 Å². The van der Waals surface area contributed by atoms with Crippen LogP contribution in [0.15, 0.2) is 55.0 Å². The lowest BCUT2D eigenvalue weighted by Gasteiger charge is -2.35. The number of nitrogens with zero attached hydrogens (tertiary/aromatic N) is 6. The maximum absolute atomic E-state index is 13.0. The molecule has 12 heteroatoms. The highest BCUT2D eigenvalue weighted by Crippen LogP contribution is 2.36. The first kappa shape index (κ1) is 21.3. The monoisotopic (exact) mass is 445 g/mol. The van der Waals surface area contributed by atoms with Gasteiger partial charge in [0.1, 0.15) is 12.1 Å². The zero-order valence-electron chi connectivity index (χ0n) is 16.7. The van der Waals surface area contributed by atoms with Crippen molar-refractivity contribution in [2.45, 2.75) is 6.18 Å². The Bertz CT molecular complexity index is 1100. The zero-order chi connectivity index (χ0) is 22.7. The molecule has 1 fully saturated rings. The summed E-state index contributed by atoms with van der Waals surface area (Å²) in [6, 6.07) is 9.99. The second-order valence-electron chi connectivity index (χ2n) is 7.02. The van der Waals surface area contributed by atoms with Crippen molar-refractivity contribution in [2.75, 3.05) is 41.3 Å². The predicted octanol–water partition coefficient (Wildman–Crippen LogP) is 3.87. The second kappa shape index (κ2) is 8.65. The summed E-state index contributed by atoms with van der Waals surface area (Å²) in [4.78, 5) is 27.4. The van der Waals surface area contributed by atoms with E-state index in [1.165, 1.54) is 12.1 Å². The molecule has 1 N–H and O–H groups in total. The largest absolute Gasteiger partial charge is 0.416 e. The fourth-order valence-corrected chi connectivity index (χ4v) is 3.46. The lowest BCUT2D eigenvalue weighted by Crippen LogP contribution is -2.47. The number of hydrogen-bond acceptors (Lipinski definition) is 8. The number of alkyl halides is 3. The average molecular weight is 445 g/mol. The van der Waals surface area contributed by atoms with Gasteiger partial charge in [0.2, 0.25) is 11.6 Å². The lowest BCUT2D eigenvalue weighted by atomic mass is 10.2. The average Bonchev–Trinajstić information content (AvgIpc) is 2.79. The van der Waals surface area contributed by atoms with Crippen LogP contribution in [0.3, 0.4) is 0 Å². The highest BCUT2D eigenvalue weighted by atomic mass is 19.4. The molecule has 1 aromatic carbocycles. The van der Waals surface area contributed by atoms with E-state index in [0.29, 0.717) is 26.2 Å². The molecule has 0 bridgehead atoms. The van der Waals surface area contributed by atoms with Crippen LogP contribution >= 0.6 is 0 Å². The molecule has 1 aliphatic heterocycles. The van der Waals surface area contributed by atoms with Crippen molar-refractivity contribution in [1.29, 1.82) is 0 Å². The molecule has 0 radical (unpaired) electrons. The second-order valence-corrected chi connectivity index (χ2v) is 7.02. The van der Waals surface area contributed by atoms with Gasteiger partial charge in [0.25, 0.3) is 0 Å². The summed E-state index contributed by atoms with van der Waals surface area (Å²) < 4.78 is 39.0. The Morgan fingerprint density at radius 3 is 2.38 bits per heavy atom. The van der Waals surface area contributed by atoms with Gasteiger partial charge >= 0.3 is 11.9 Å². The van der Waals surface area contributed by atoms with Crippen LogP contribution < -0.4 is 15.1 Å². The number of hydrogen-bond donors (Lipinski definition) is 1. The highest BCUT2D eigenvalue weighted by molar-refractivity contribution is 5.74. The molecule has 0 spiro atoms. The SMILES string of the molecule is O=[N+]([O-])c1c(Nc2cccc(C(F)(F)F)c2)ncnc1N1CCN(c2ccccn2)CC1. The Hall–Kier alpha value is -3.96. The first-order valence-electron chi connectivity index (χ1n) is 9.67. The molecular formula is C20H18F3N7O2. The molecule has 1 aliphatic rings. The summed E-state index contributed by atoms with van der Waals surface area (Å²) in [7, 11) is 0. The van der Waals surface area contributed by atoms with E-state index in [1.807, 2.05) is 18.2 Å². The number of benzene rings is 1. The van der Waals surface area contributed by atoms with Crippen molar-refractivity contribution < 1.29 is 18.1 Å². The number of nitro groups is 1. The van der Waals surface area contributed by atoms with Crippen molar-refractivity contribution in [1.82, 2.24) is 15.0 Å². The van der Waals surface area contributed by atoms with E-state index < -0.39 is 22.4 Å². The molecule has 3 aromatic rings. The minimum Gasteiger partial charge on any atom is -0.353 e. The summed E-state index contributed by atoms with van der Waals surface area (Å²) in [5.41, 5.74) is -1.23. The molecule has 0 saturated carbocycles. The maximum Gasteiger partial charge on any atom is 0.416 e. The third kappa shape index (κ3) is 4.53. The Balaban J connectivity index is 1.58. The summed E-state index contributed by atoms with van der Waals surface area (Å²) in [5, 5.41) is 14.5. The van der Waals surface area contributed by atoms with Crippen LogP contribution in [0.4, 0.5) is 42.0 Å². The van der Waals surface area contributed by atoms with E-state index in [-0.39, 0.29) is 17.3 Å². The lowest BCUT2D eigenvalue weighted by molar-refractivity contribution is -0.383. The first-order valence-corrected chi connectivity index (χ1v) is 9.67. The number of halogens is 3. The van der Waals surface area contributed by atoms with Gasteiger partial charge in [-0.25, -0.2) is 15.0 Å². The van der Waals surface area contributed by atoms with Gasteiger partial charge in [-0.3, -0.25) is 10.1 Å². The number of rotatable bonds is 5. The van der Waals surface area contributed by atoms with Crippen LogP contribution in [-0.4, -0.2) is 46.1 Å². The molecule has 3 heterocycles. The van der Waals surface area contributed by atoms with Gasteiger partial charge in [-0.15, -0.1) is 0 Å². The first-order chi connectivity index (χ1) is 15.3. The molecule has 0 unspecified atom stereocenters. The van der Waals surface area contributed by atoms with Crippen LogP contribution in [0.25, 0.3) is 0 Å². The van der Waals surface area contributed by atoms with Gasteiger partial charge in [0.05, 0.1) is 10.5 Å². The number of nitrogens with one attached hydrogen (secondary N) is 1. The Labute approximate surface area is 180 Å². The summed E-state index contributed by atoms with van der Waals surface area (Å²) in [5.74, 6) is 0.753. The van der Waals surface area contributed by atoms with Gasteiger partial charge in [0, 0.05) is 38.1 Å². The van der Waals surface area contributed by atoms with Gasteiger partial charge in [0.15, 0.2) is 0 Å². The summed E-state index contributed by atoms with van der Waals surface area (Å²) >= 11 is 0. The minimum absolute atomic E-state index is 0.0348. The maximum atomic E-state index is 13.0. The van der Waals surface area contributed by atoms with Gasteiger partial charge in [-0.1, -0.05) is 12.1 Å². The zero-order valence-corrected chi connectivity index (χ0v) is 16.7. The van der Waals surface area contributed by atoms with Crippen molar-refractivity contribution in [3.8, 4) is 0 Å². The molecular weight excluding hydrogens is 427 g/mol. The van der Waals surface area contributed by atoms with Crippen molar-refractivity contribution >= 4 is 28.8 Å². The van der Waals surface area contributed by atoms with Crippen LogP contribution in [0, 0.1) is 10.1 Å². The van der Waals surface area contributed by atoms with Gasteiger partial charge in [-0.2, -0.15) is 13.2 Å². The van der Waals surface area contributed by atoms with Crippen LogP contribution in [0.1, 0.15) is 5.56 Å². The minimum atomic E-state index is -4.53. The van der Waals surface area contributed by atoms with E-state index in [1.54, 1.807) is 11.1 Å². The number of anilines is 4. The van der Waals surface area contributed by atoms with Gasteiger partial charge in [-0.05, 0) is 30.3 Å². The quantitative estimate of drug-likeness (QED) is 0.467. The third-order valence-electron chi connectivity index (χ3n) is 4.99. The van der Waals surface area contributed by atoms with Crippen LogP contribution in [-0.2, 0) is 6.18 Å². The normalized spacial score (nSPS) is 14.3. The molecule has 0 aliphatic carbocycles. The van der Waals surface area contributed by atoms with Gasteiger partial charge < -0.3 is 15.1 Å². The standard InChI is InChI=1S/C20H18F3N7O2/c21-20(22,23)14-4-3-5-15(12-14)27-18-17(30(31)32)19(26-13-25-18)29-10-8-28(9-11-29)16-6-1-2-7-24-16/h1-7,12-13H,8-11H2,(H,25,26,27). The summed E-state index contributed by atoms with van der Waals surface area (Å²) in [6.07, 6.45) is -1.68. The molecule has 32 heavy (non-hydrogen) atoms. The fraction of sp³-hybridized carbons (Fsp3) is 0.250. The topological polar surface area (TPSA) is 100 Å². The predicted molar refractivity (Wildman–Crippen MR) is 112 cm³/mol. The van der Waals surface area contributed by atoms with E-state index in [2.05, 4.69) is 25.2 Å². The molecule has 9 nitrogen and oxygen atoms in total. The number of piperazine rings is 1. The van der Waals surface area contributed by atoms with E-state index >= 15 is 0 Å². The van der Waals surface area contributed by atoms with Crippen LogP contribution in [0.2, 0.25) is 0 Å².